The molecular formula is C22H22F4N4O2S. The van der Waals surface area contributed by atoms with E-state index in [2.05, 4.69) is 10.3 Å². The molecule has 0 spiro atoms. The summed E-state index contributed by atoms with van der Waals surface area (Å²) < 4.78 is 81.6. The molecule has 0 aliphatic carbocycles. The van der Waals surface area contributed by atoms with Crippen molar-refractivity contribution in [3.05, 3.63) is 78.0 Å². The van der Waals surface area contributed by atoms with Crippen LogP contribution in [-0.4, -0.2) is 41.9 Å². The number of imidazole rings is 1. The van der Waals surface area contributed by atoms with E-state index in [4.69, 9.17) is 0 Å². The van der Waals surface area contributed by atoms with E-state index in [0.717, 1.165) is 17.7 Å². The Bertz CT molecular complexity index is 1230. The van der Waals surface area contributed by atoms with Gasteiger partial charge < -0.3 is 9.88 Å². The van der Waals surface area contributed by atoms with Gasteiger partial charge in [-0.25, -0.2) is 17.8 Å². The van der Waals surface area contributed by atoms with E-state index in [1.165, 1.54) is 45.7 Å². The first kappa shape index (κ1) is 23.2. The van der Waals surface area contributed by atoms with Gasteiger partial charge >= 0.3 is 6.18 Å². The number of aromatic nitrogens is 2. The summed E-state index contributed by atoms with van der Waals surface area (Å²) in [5.74, 6) is -0.945. The third-order valence-corrected chi connectivity index (χ3v) is 7.47. The zero-order chi connectivity index (χ0) is 23.8. The first-order chi connectivity index (χ1) is 15.5. The molecule has 11 heteroatoms. The highest BCUT2D eigenvalue weighted by molar-refractivity contribution is 7.89. The minimum atomic E-state index is -4.46. The molecule has 1 aliphatic rings. The second-order valence-corrected chi connectivity index (χ2v) is 9.96. The molecule has 0 saturated carbocycles. The van der Waals surface area contributed by atoms with Crippen molar-refractivity contribution in [2.75, 3.05) is 25.0 Å². The molecule has 2 heterocycles. The average Bonchev–Trinajstić information content (AvgIpc) is 3.40. The number of alkyl halides is 3. The molecule has 0 unspecified atom stereocenters. The summed E-state index contributed by atoms with van der Waals surface area (Å²) in [5, 5.41) is 2.94. The summed E-state index contributed by atoms with van der Waals surface area (Å²) in [6.07, 6.45) is -1.65. The predicted molar refractivity (Wildman–Crippen MR) is 115 cm³/mol. The van der Waals surface area contributed by atoms with E-state index in [1.807, 2.05) is 0 Å². The van der Waals surface area contributed by atoms with Gasteiger partial charge in [-0.3, -0.25) is 0 Å². The van der Waals surface area contributed by atoms with Gasteiger partial charge in [-0.05, 0) is 41.8 Å². The topological polar surface area (TPSA) is 67.2 Å². The Kier molecular flexibility index (Phi) is 6.19. The van der Waals surface area contributed by atoms with Crippen molar-refractivity contribution >= 4 is 15.7 Å². The molecule has 33 heavy (non-hydrogen) atoms. The van der Waals surface area contributed by atoms with Gasteiger partial charge in [0.05, 0.1) is 11.9 Å². The zero-order valence-electron chi connectivity index (χ0n) is 17.6. The van der Waals surface area contributed by atoms with E-state index >= 15 is 0 Å². The molecule has 176 valence electrons. The number of hydrogen-bond donors (Lipinski definition) is 1. The van der Waals surface area contributed by atoms with E-state index in [1.54, 1.807) is 19.2 Å². The third-order valence-electron chi connectivity index (χ3n) is 5.75. The van der Waals surface area contributed by atoms with E-state index in [9.17, 15) is 26.0 Å². The van der Waals surface area contributed by atoms with Crippen LogP contribution in [0, 0.1) is 11.7 Å². The lowest BCUT2D eigenvalue weighted by molar-refractivity contribution is -0.137. The summed E-state index contributed by atoms with van der Waals surface area (Å²) in [6, 6.07) is 10.7. The van der Waals surface area contributed by atoms with Crippen LogP contribution in [0.2, 0.25) is 0 Å². The van der Waals surface area contributed by atoms with Crippen molar-refractivity contribution < 1.29 is 26.0 Å². The summed E-state index contributed by atoms with van der Waals surface area (Å²) >= 11 is 0. The molecule has 1 aromatic heterocycles. The van der Waals surface area contributed by atoms with Gasteiger partial charge in [0.15, 0.2) is 5.03 Å². The lowest BCUT2D eigenvalue weighted by Gasteiger charge is -2.20. The van der Waals surface area contributed by atoms with Crippen molar-refractivity contribution in [3.8, 4) is 0 Å². The molecule has 2 atom stereocenters. The first-order valence-corrected chi connectivity index (χ1v) is 11.6. The van der Waals surface area contributed by atoms with Crippen molar-refractivity contribution in [2.45, 2.75) is 17.1 Å². The predicted octanol–water partition coefficient (Wildman–Crippen LogP) is 4.09. The zero-order valence-corrected chi connectivity index (χ0v) is 18.4. The Morgan fingerprint density at radius 3 is 2.48 bits per heavy atom. The molecular weight excluding hydrogens is 460 g/mol. The fraction of sp³-hybridized carbons (Fsp3) is 0.318. The lowest BCUT2D eigenvalue weighted by Crippen LogP contribution is -2.30. The summed E-state index contributed by atoms with van der Waals surface area (Å²) in [5.41, 5.74) is 0.271. The maximum atomic E-state index is 13.4. The number of rotatable bonds is 6. The highest BCUT2D eigenvalue weighted by atomic mass is 32.2. The number of hydrogen-bond acceptors (Lipinski definition) is 4. The standard InChI is InChI=1S/C22H22F4N4O2S/c1-29-13-21(28-14-29)33(31,32)30-11-16(20(12-30)15-5-7-18(23)8-6-15)10-27-19-4-2-3-17(9-19)22(24,25)26/h2-9,13-14,16,20,27H,10-12H2,1H3/t16-,20+/m0/s1. The Balaban J connectivity index is 1.58. The average molecular weight is 483 g/mol. The molecule has 1 N–H and O–H groups in total. The van der Waals surface area contributed by atoms with E-state index in [-0.39, 0.29) is 42.2 Å². The maximum absolute atomic E-state index is 13.4. The Labute approximate surface area is 188 Å². The molecule has 2 aromatic carbocycles. The van der Waals surface area contributed by atoms with Crippen molar-refractivity contribution in [3.63, 3.8) is 0 Å². The smallest absolute Gasteiger partial charge is 0.385 e. The van der Waals surface area contributed by atoms with Gasteiger partial charge in [-0.2, -0.15) is 17.5 Å². The van der Waals surface area contributed by atoms with Crippen LogP contribution in [0.4, 0.5) is 23.2 Å². The minimum absolute atomic E-state index is 0.0747. The molecule has 6 nitrogen and oxygen atoms in total. The second kappa shape index (κ2) is 8.79. The van der Waals surface area contributed by atoms with Crippen LogP contribution in [0.15, 0.2) is 66.1 Å². The number of anilines is 1. The second-order valence-electron chi connectivity index (χ2n) is 8.08. The summed E-state index contributed by atoms with van der Waals surface area (Å²) in [7, 11) is -2.19. The summed E-state index contributed by atoms with van der Waals surface area (Å²) in [4.78, 5) is 3.95. The Morgan fingerprint density at radius 1 is 1.12 bits per heavy atom. The van der Waals surface area contributed by atoms with Gasteiger partial charge in [-0.15, -0.1) is 0 Å². The lowest BCUT2D eigenvalue weighted by atomic mass is 9.89. The van der Waals surface area contributed by atoms with E-state index in [0.29, 0.717) is 0 Å². The normalized spacial score (nSPS) is 19.7. The highest BCUT2D eigenvalue weighted by Crippen LogP contribution is 2.36. The third kappa shape index (κ3) is 5.03. The van der Waals surface area contributed by atoms with Crippen molar-refractivity contribution in [1.29, 1.82) is 0 Å². The van der Waals surface area contributed by atoms with Gasteiger partial charge in [0.25, 0.3) is 10.0 Å². The van der Waals surface area contributed by atoms with Crippen LogP contribution in [0.1, 0.15) is 17.0 Å². The van der Waals surface area contributed by atoms with Crippen LogP contribution in [0.25, 0.3) is 0 Å². The van der Waals surface area contributed by atoms with Gasteiger partial charge in [0.2, 0.25) is 0 Å². The SMILES string of the molecule is Cn1cnc(S(=O)(=O)N2C[C@H](CNc3cccc(C(F)(F)F)c3)[C@@H](c3ccc(F)cc3)C2)c1. The molecule has 0 bridgehead atoms. The first-order valence-electron chi connectivity index (χ1n) is 10.2. The fourth-order valence-corrected chi connectivity index (χ4v) is 5.52. The van der Waals surface area contributed by atoms with Gasteiger partial charge in [0.1, 0.15) is 5.82 Å². The monoisotopic (exact) mass is 482 g/mol. The van der Waals surface area contributed by atoms with Crippen LogP contribution < -0.4 is 5.32 Å². The Hall–Kier alpha value is -2.92. The number of sulfonamides is 1. The minimum Gasteiger partial charge on any atom is -0.385 e. The van der Waals surface area contributed by atoms with Gasteiger partial charge in [0, 0.05) is 44.5 Å². The van der Waals surface area contributed by atoms with Crippen molar-refractivity contribution in [1.82, 2.24) is 13.9 Å². The highest BCUT2D eigenvalue weighted by Gasteiger charge is 2.41. The van der Waals surface area contributed by atoms with E-state index < -0.39 is 27.6 Å². The van der Waals surface area contributed by atoms with Gasteiger partial charge in [-0.1, -0.05) is 18.2 Å². The van der Waals surface area contributed by atoms with Crippen LogP contribution in [0.5, 0.6) is 0 Å². The number of benzene rings is 2. The van der Waals surface area contributed by atoms with Crippen LogP contribution in [0.3, 0.4) is 0 Å². The largest absolute Gasteiger partial charge is 0.416 e. The molecule has 0 radical (unpaired) electrons. The molecule has 1 fully saturated rings. The quantitative estimate of drug-likeness (QED) is 0.538. The molecule has 1 aliphatic heterocycles. The number of aryl methyl sites for hydroxylation is 1. The van der Waals surface area contributed by atoms with Crippen LogP contribution >= 0.6 is 0 Å². The fourth-order valence-electron chi connectivity index (χ4n) is 4.03. The summed E-state index contributed by atoms with van der Waals surface area (Å²) in [6.45, 7) is 0.532. The molecule has 3 aromatic rings. The number of nitrogens with one attached hydrogen (secondary N) is 1. The molecule has 1 saturated heterocycles. The van der Waals surface area contributed by atoms with Crippen molar-refractivity contribution in [2.24, 2.45) is 13.0 Å². The van der Waals surface area contributed by atoms with Crippen LogP contribution in [-0.2, 0) is 23.2 Å². The maximum Gasteiger partial charge on any atom is 0.416 e. The number of halogens is 4. The molecule has 0 amide bonds. The number of nitrogens with zero attached hydrogens (tertiary/aromatic N) is 3. The molecule has 4 rings (SSSR count). The Morgan fingerprint density at radius 2 is 1.85 bits per heavy atom.